The number of quaternary nitrogens is 1. The maximum Gasteiger partial charge on any atom is 0.0991 e. The van der Waals surface area contributed by atoms with Gasteiger partial charge in [-0.3, -0.25) is 0 Å². The molecule has 0 N–H and O–H groups in total. The molecular formula is C6H13NO. The minimum atomic E-state index is -0.269. The molecule has 0 aliphatic rings. The van der Waals surface area contributed by atoms with E-state index in [2.05, 4.69) is 6.58 Å². The maximum absolute atomic E-state index is 10.8. The van der Waals surface area contributed by atoms with E-state index in [4.69, 9.17) is 0 Å². The number of rotatable bonds is 2. The zero-order valence-electron chi connectivity index (χ0n) is 5.77. The Morgan fingerprint density at radius 3 is 2.00 bits per heavy atom. The van der Waals surface area contributed by atoms with Crippen LogP contribution in [-0.2, 0) is 0 Å². The van der Waals surface area contributed by atoms with Gasteiger partial charge < -0.3 is 9.85 Å². The van der Waals surface area contributed by atoms with Gasteiger partial charge in [0.25, 0.3) is 0 Å². The third-order valence-electron chi connectivity index (χ3n) is 0.651. The van der Waals surface area contributed by atoms with E-state index in [0.29, 0.717) is 6.54 Å². The largest absolute Gasteiger partial charge is 0.633 e. The Labute approximate surface area is 50.6 Å². The fourth-order valence-corrected chi connectivity index (χ4v) is 0.650. The molecule has 0 saturated carbocycles. The van der Waals surface area contributed by atoms with E-state index in [-0.39, 0.29) is 4.65 Å². The second-order valence-corrected chi connectivity index (χ2v) is 2.69. The summed E-state index contributed by atoms with van der Waals surface area (Å²) in [5.41, 5.74) is 0.935. The highest BCUT2D eigenvalue weighted by Crippen LogP contribution is 1.97. The molecule has 48 valence electrons. The van der Waals surface area contributed by atoms with Gasteiger partial charge in [-0.05, 0) is 12.5 Å². The average molecular weight is 115 g/mol. The standard InChI is InChI=1S/C6H13NO/c1-6(2)5-7(3,4)8/h1,5H2,2-4H3. The van der Waals surface area contributed by atoms with E-state index in [1.807, 2.05) is 6.92 Å². The van der Waals surface area contributed by atoms with Crippen molar-refractivity contribution < 1.29 is 4.65 Å². The van der Waals surface area contributed by atoms with Crippen molar-refractivity contribution in [3.8, 4) is 0 Å². The Balaban J connectivity index is 3.55. The van der Waals surface area contributed by atoms with Crippen LogP contribution >= 0.6 is 0 Å². The van der Waals surface area contributed by atoms with Gasteiger partial charge in [-0.15, -0.1) is 0 Å². The average Bonchev–Trinajstić information content (AvgIpc) is 1.21. The lowest BCUT2D eigenvalue weighted by atomic mass is 10.3. The second kappa shape index (κ2) is 2.29. The monoisotopic (exact) mass is 115 g/mol. The van der Waals surface area contributed by atoms with Crippen molar-refractivity contribution in [2.45, 2.75) is 6.92 Å². The molecule has 2 nitrogen and oxygen atoms in total. The highest BCUT2D eigenvalue weighted by atomic mass is 16.5. The van der Waals surface area contributed by atoms with Crippen molar-refractivity contribution in [2.24, 2.45) is 0 Å². The summed E-state index contributed by atoms with van der Waals surface area (Å²) in [6.45, 7) is 6.00. The van der Waals surface area contributed by atoms with Crippen LogP contribution in [0.25, 0.3) is 0 Å². The van der Waals surface area contributed by atoms with Crippen LogP contribution in [0.2, 0.25) is 0 Å². The first-order valence-corrected chi connectivity index (χ1v) is 2.60. The van der Waals surface area contributed by atoms with Gasteiger partial charge in [-0.25, -0.2) is 0 Å². The predicted octanol–water partition coefficient (Wildman–Crippen LogP) is 1.14. The smallest absolute Gasteiger partial charge is 0.0991 e. The Morgan fingerprint density at radius 1 is 1.62 bits per heavy atom. The molecule has 0 rings (SSSR count). The quantitative estimate of drug-likeness (QED) is 0.300. The molecule has 0 aromatic heterocycles. The molecule has 0 aliphatic carbocycles. The van der Waals surface area contributed by atoms with Crippen LogP contribution in [0.4, 0.5) is 0 Å². The Morgan fingerprint density at radius 2 is 2.00 bits per heavy atom. The number of hydroxylamine groups is 3. The zero-order valence-corrected chi connectivity index (χ0v) is 5.77. The lowest BCUT2D eigenvalue weighted by Crippen LogP contribution is -2.33. The van der Waals surface area contributed by atoms with Gasteiger partial charge in [-0.1, -0.05) is 6.58 Å². The Bertz CT molecular complexity index is 91.2. The summed E-state index contributed by atoms with van der Waals surface area (Å²) in [7, 11) is 3.21. The number of hydrogen-bond acceptors (Lipinski definition) is 1. The number of likely N-dealkylation sites (N-methyl/N-ethyl adjacent to an activating group) is 1. The molecule has 0 aliphatic heterocycles. The lowest BCUT2D eigenvalue weighted by Gasteiger charge is -2.33. The van der Waals surface area contributed by atoms with Gasteiger partial charge in [0.1, 0.15) is 0 Å². The molecule has 0 aromatic carbocycles. The van der Waals surface area contributed by atoms with Crippen molar-refractivity contribution in [1.29, 1.82) is 0 Å². The Hall–Kier alpha value is -0.340. The fourth-order valence-electron chi connectivity index (χ4n) is 0.650. The molecular weight excluding hydrogens is 102 g/mol. The van der Waals surface area contributed by atoms with Gasteiger partial charge in [0, 0.05) is 0 Å². The highest BCUT2D eigenvalue weighted by Gasteiger charge is 1.98. The van der Waals surface area contributed by atoms with Crippen LogP contribution in [-0.4, -0.2) is 25.3 Å². The molecule has 0 fully saturated rings. The van der Waals surface area contributed by atoms with Gasteiger partial charge in [0.15, 0.2) is 0 Å². The van der Waals surface area contributed by atoms with Crippen LogP contribution in [0, 0.1) is 5.21 Å². The van der Waals surface area contributed by atoms with Crippen molar-refractivity contribution >= 4 is 0 Å². The summed E-state index contributed by atoms with van der Waals surface area (Å²) in [6, 6.07) is 0. The zero-order chi connectivity index (χ0) is 6.78. The minimum Gasteiger partial charge on any atom is -0.633 e. The van der Waals surface area contributed by atoms with Crippen molar-refractivity contribution in [3.05, 3.63) is 17.4 Å². The summed E-state index contributed by atoms with van der Waals surface area (Å²) in [4.78, 5) is 0. The van der Waals surface area contributed by atoms with Crippen molar-refractivity contribution in [3.63, 3.8) is 0 Å². The Kier molecular flexibility index (Phi) is 2.19. The van der Waals surface area contributed by atoms with Crippen LogP contribution in [0.1, 0.15) is 6.92 Å². The number of nitrogens with zero attached hydrogens (tertiary/aromatic N) is 1. The van der Waals surface area contributed by atoms with E-state index in [1.54, 1.807) is 14.1 Å². The first kappa shape index (κ1) is 7.66. The van der Waals surface area contributed by atoms with Gasteiger partial charge in [0.05, 0.1) is 20.6 Å². The van der Waals surface area contributed by atoms with Gasteiger partial charge in [0.2, 0.25) is 0 Å². The first-order chi connectivity index (χ1) is 3.42. The van der Waals surface area contributed by atoms with E-state index in [9.17, 15) is 5.21 Å². The predicted molar refractivity (Wildman–Crippen MR) is 35.2 cm³/mol. The normalized spacial score (nSPS) is 11.5. The molecule has 0 atom stereocenters. The molecule has 2 heteroatoms. The van der Waals surface area contributed by atoms with Gasteiger partial charge in [-0.2, -0.15) is 0 Å². The summed E-state index contributed by atoms with van der Waals surface area (Å²) in [5, 5.41) is 10.8. The topological polar surface area (TPSA) is 23.1 Å². The first-order valence-electron chi connectivity index (χ1n) is 2.60. The summed E-state index contributed by atoms with van der Waals surface area (Å²) >= 11 is 0. The minimum absolute atomic E-state index is 0.269. The van der Waals surface area contributed by atoms with E-state index >= 15 is 0 Å². The van der Waals surface area contributed by atoms with Crippen molar-refractivity contribution in [2.75, 3.05) is 20.6 Å². The fraction of sp³-hybridized carbons (Fsp3) is 0.667. The molecule has 0 bridgehead atoms. The third-order valence-corrected chi connectivity index (χ3v) is 0.651. The third kappa shape index (κ3) is 5.66. The molecule has 0 heterocycles. The molecule has 0 unspecified atom stereocenters. The maximum atomic E-state index is 10.8. The molecule has 0 saturated heterocycles. The molecule has 0 spiro atoms. The molecule has 0 amide bonds. The molecule has 8 heavy (non-hydrogen) atoms. The molecule has 0 radical (unpaired) electrons. The summed E-state index contributed by atoms with van der Waals surface area (Å²) in [6.07, 6.45) is 0. The summed E-state index contributed by atoms with van der Waals surface area (Å²) in [5.74, 6) is 0. The number of hydrogen-bond donors (Lipinski definition) is 0. The van der Waals surface area contributed by atoms with Crippen LogP contribution < -0.4 is 0 Å². The SMILES string of the molecule is C=C(C)C[N+](C)(C)[O-]. The lowest BCUT2D eigenvalue weighted by molar-refractivity contribution is -0.834. The summed E-state index contributed by atoms with van der Waals surface area (Å²) < 4.78 is -0.269. The highest BCUT2D eigenvalue weighted by molar-refractivity contribution is 4.87. The van der Waals surface area contributed by atoms with E-state index in [1.165, 1.54) is 0 Å². The van der Waals surface area contributed by atoms with Gasteiger partial charge >= 0.3 is 0 Å². The van der Waals surface area contributed by atoms with E-state index in [0.717, 1.165) is 5.57 Å². The van der Waals surface area contributed by atoms with E-state index < -0.39 is 0 Å². The van der Waals surface area contributed by atoms with Crippen LogP contribution in [0.5, 0.6) is 0 Å². The van der Waals surface area contributed by atoms with Crippen LogP contribution in [0.3, 0.4) is 0 Å². The van der Waals surface area contributed by atoms with Crippen LogP contribution in [0.15, 0.2) is 12.2 Å². The van der Waals surface area contributed by atoms with Crippen molar-refractivity contribution in [1.82, 2.24) is 0 Å². The second-order valence-electron chi connectivity index (χ2n) is 2.69. The molecule has 0 aromatic rings.